The second kappa shape index (κ2) is 8.30. The molecule has 0 aliphatic rings. The molecule has 0 amide bonds. The minimum Gasteiger partial charge on any atom is -0.364 e. The molecule has 2 rings (SSSR count). The Balaban J connectivity index is 2.45. The number of benzene rings is 1. The fourth-order valence-corrected chi connectivity index (χ4v) is 1.91. The van der Waals surface area contributed by atoms with Gasteiger partial charge >= 0.3 is 0 Å². The molecule has 6 N–H and O–H groups in total. The summed E-state index contributed by atoms with van der Waals surface area (Å²) in [5, 5.41) is 23.1. The first-order valence-corrected chi connectivity index (χ1v) is 8.43. The van der Waals surface area contributed by atoms with Crippen LogP contribution in [0.4, 0.5) is 15.9 Å². The lowest BCUT2D eigenvalue weighted by Gasteiger charge is -2.06. The molecule has 0 unspecified atom stereocenters. The fourth-order valence-electron chi connectivity index (χ4n) is 1.35. The predicted octanol–water partition coefficient (Wildman–Crippen LogP) is 0.233. The summed E-state index contributed by atoms with van der Waals surface area (Å²) in [6.45, 7) is -3.28. The molecule has 0 fully saturated rings. The van der Waals surface area contributed by atoms with E-state index in [2.05, 4.69) is 41.2 Å². The number of nitrogens with one attached hydrogen (secondary N) is 3. The highest BCUT2D eigenvalue weighted by atomic mass is 79.9. The zero-order valence-electron chi connectivity index (χ0n) is 17.0. The number of aliphatic imine (C=N–C) groups is 1. The Morgan fingerprint density at radius 3 is 3.00 bits per heavy atom. The van der Waals surface area contributed by atoms with Crippen molar-refractivity contribution in [1.82, 2.24) is 20.5 Å². The first-order valence-electron chi connectivity index (χ1n) is 8.59. The average molecular weight is 443 g/mol. The smallest absolute Gasteiger partial charge is 0.274 e. The lowest BCUT2D eigenvalue weighted by Crippen LogP contribution is -2.34. The van der Waals surface area contributed by atoms with E-state index in [1.807, 2.05) is 0 Å². The normalized spacial score (nSPS) is 15.7. The number of halogens is 2. The van der Waals surface area contributed by atoms with Gasteiger partial charge in [-0.05, 0) is 44.4 Å². The molecule has 11 nitrogen and oxygen atoms in total. The van der Waals surface area contributed by atoms with Gasteiger partial charge in [-0.25, -0.2) is 23.9 Å². The van der Waals surface area contributed by atoms with Crippen LogP contribution in [0.1, 0.15) is 12.5 Å². The number of hydrogen-bond donors (Lipinski definition) is 5. The fraction of sp³-hybridized carbons (Fsp3) is 0.182. The maximum absolute atomic E-state index is 13.8. The second-order valence-electron chi connectivity index (χ2n) is 4.05. The van der Waals surface area contributed by atoms with Crippen LogP contribution in [0.2, 0.25) is 0 Å². The van der Waals surface area contributed by atoms with Crippen molar-refractivity contribution in [2.45, 2.75) is 0 Å². The molecule has 0 bridgehead atoms. The van der Waals surface area contributed by atoms with Gasteiger partial charge in [0, 0.05) is 13.0 Å². The molecule has 14 heteroatoms. The molecule has 0 spiro atoms. The highest BCUT2D eigenvalue weighted by molar-refractivity contribution is 9.10. The van der Waals surface area contributed by atoms with Gasteiger partial charge in [0.25, 0.3) is 10.2 Å². The van der Waals surface area contributed by atoms with Crippen LogP contribution in [0.5, 0.6) is 0 Å². The van der Waals surface area contributed by atoms with E-state index < -0.39 is 74.7 Å². The van der Waals surface area contributed by atoms with Gasteiger partial charge in [-0.3, -0.25) is 10.7 Å². The summed E-state index contributed by atoms with van der Waals surface area (Å²) >= 11 is 2.77. The third kappa shape index (κ3) is 5.71. The van der Waals surface area contributed by atoms with Crippen molar-refractivity contribution in [2.24, 2.45) is 10.1 Å². The van der Waals surface area contributed by atoms with Gasteiger partial charge in [-0.2, -0.15) is 8.42 Å². The van der Waals surface area contributed by atoms with Gasteiger partial charge in [0.1, 0.15) is 5.82 Å². The Bertz CT molecular complexity index is 1070. The van der Waals surface area contributed by atoms with Gasteiger partial charge < -0.3 is 5.32 Å². The molecule has 1 heterocycles. The Kier molecular flexibility index (Phi) is 4.36. The lowest BCUT2D eigenvalue weighted by atomic mass is 10.3. The number of hydrogen-bond acceptors (Lipinski definition) is 8. The number of anilines is 1. The van der Waals surface area contributed by atoms with Crippen molar-refractivity contribution in [1.29, 1.82) is 0 Å². The summed E-state index contributed by atoms with van der Waals surface area (Å²) in [7, 11) is -4.19. The molecule has 25 heavy (non-hydrogen) atoms. The number of aromatic nitrogens is 2. The maximum atomic E-state index is 13.8. The minimum absolute atomic E-state index is 0.442. The molecular weight excluding hydrogens is 425 g/mol. The van der Waals surface area contributed by atoms with Gasteiger partial charge in [0.05, 0.1) is 17.0 Å². The van der Waals surface area contributed by atoms with Crippen molar-refractivity contribution in [3.63, 3.8) is 0 Å². The highest BCUT2D eigenvalue weighted by Gasteiger charge is 2.16. The molecule has 0 radical (unpaired) electrons. The molecule has 2 aromatic rings. The third-order valence-corrected chi connectivity index (χ3v) is 3.42. The van der Waals surface area contributed by atoms with Gasteiger partial charge in [0.15, 0.2) is 11.5 Å². The topological polar surface area (TPSA) is 168 Å². The molecule has 1 aromatic carbocycles. The molecule has 0 saturated heterocycles. The van der Waals surface area contributed by atoms with E-state index in [4.69, 9.17) is 12.0 Å². The summed E-state index contributed by atoms with van der Waals surface area (Å²) in [6, 6.07) is -2.25. The van der Waals surface area contributed by atoms with Crippen LogP contribution >= 0.6 is 15.9 Å². The first kappa shape index (κ1) is 13.1. The number of nitrogens with two attached hydrogens (primary N) is 1. The minimum atomic E-state index is -4.19. The molecule has 0 aliphatic heterocycles. The average Bonchev–Trinajstić information content (AvgIpc) is 3.10. The monoisotopic (exact) mass is 442 g/mol. The van der Waals surface area contributed by atoms with Crippen LogP contribution in [0, 0.1) is 5.82 Å². The van der Waals surface area contributed by atoms with E-state index in [9.17, 15) is 18.0 Å². The number of amidine groups is 1. The van der Waals surface area contributed by atoms with Crippen molar-refractivity contribution >= 4 is 43.5 Å². The van der Waals surface area contributed by atoms with E-state index in [0.717, 1.165) is 0 Å². The second-order valence-corrected chi connectivity index (χ2v) is 6.22. The summed E-state index contributed by atoms with van der Waals surface area (Å²) in [6.07, 6.45) is 0. The van der Waals surface area contributed by atoms with E-state index >= 15 is 0 Å². The molecule has 0 atom stereocenters. The first-order chi connectivity index (χ1) is 13.8. The zero-order valence-corrected chi connectivity index (χ0v) is 14.4. The summed E-state index contributed by atoms with van der Waals surface area (Å²) in [4.78, 5) is 3.76. The van der Waals surface area contributed by atoms with E-state index in [1.165, 1.54) is 0 Å². The van der Waals surface area contributed by atoms with Crippen LogP contribution in [-0.4, -0.2) is 42.8 Å². The van der Waals surface area contributed by atoms with E-state index in [-0.39, 0.29) is 0 Å². The molecule has 0 aliphatic carbocycles. The summed E-state index contributed by atoms with van der Waals surface area (Å²) < 4.78 is 80.1. The quantitative estimate of drug-likeness (QED) is 0.230. The van der Waals surface area contributed by atoms with Crippen LogP contribution in [0.15, 0.2) is 32.2 Å². The Labute approximate surface area is 156 Å². The molecule has 1 aromatic heterocycles. The Hall–Kier alpha value is -2.13. The summed E-state index contributed by atoms with van der Waals surface area (Å²) in [5.41, 5.74) is 0.628. The molecule has 0 saturated carbocycles. The third-order valence-electron chi connectivity index (χ3n) is 2.32. The van der Waals surface area contributed by atoms with Crippen LogP contribution in [0.3, 0.4) is 0 Å². The van der Waals surface area contributed by atoms with Crippen molar-refractivity contribution in [3.05, 3.63) is 34.1 Å². The number of rotatable bonds is 7. The van der Waals surface area contributed by atoms with Gasteiger partial charge in [-0.15, -0.1) is 0 Å². The van der Waals surface area contributed by atoms with Crippen molar-refractivity contribution in [3.8, 4) is 0 Å². The van der Waals surface area contributed by atoms with Gasteiger partial charge in [-0.1, -0.05) is 0 Å². The maximum Gasteiger partial charge on any atom is 0.274 e. The molecular formula is C11H13BrFN7O4S. The molecule has 136 valence electrons. The van der Waals surface area contributed by atoms with E-state index in [1.54, 1.807) is 10.2 Å². The number of nitrogens with zero attached hydrogens (tertiary/aromatic N) is 3. The van der Waals surface area contributed by atoms with Crippen molar-refractivity contribution in [2.75, 3.05) is 18.4 Å². The van der Waals surface area contributed by atoms with Crippen LogP contribution in [-0.2, 0) is 10.2 Å². The standard InChI is InChI=1S/C11H13BrFN7O4S/c12-7-5-6(1-2-8(7)13)17-11(18-21)9-10(20-24-19-9)15-3-4-16-25(14,22)23/h1-2,5,16,21H,3-4H2,(H,15,20)(H,17,18)(H2,14,22,23)/i1D,2D,3D2,5D. The van der Waals surface area contributed by atoms with Crippen molar-refractivity contribution < 1.29 is 29.5 Å². The lowest BCUT2D eigenvalue weighted by molar-refractivity contribution is 0.234. The Morgan fingerprint density at radius 2 is 2.32 bits per heavy atom. The van der Waals surface area contributed by atoms with Crippen LogP contribution < -0.4 is 20.7 Å². The predicted molar refractivity (Wildman–Crippen MR) is 89.1 cm³/mol. The summed E-state index contributed by atoms with van der Waals surface area (Å²) in [5.74, 6) is -2.21. The van der Waals surface area contributed by atoms with Gasteiger partial charge in [0.2, 0.25) is 5.82 Å². The van der Waals surface area contributed by atoms with E-state index in [0.29, 0.717) is 0 Å². The SMILES string of the molecule is [2H]c1c([2H])c(N=C(NO)c2nonc2NC([2H])([2H])CNS(N)(=O)=O)c([2H])c(Br)c1F. The van der Waals surface area contributed by atoms with Crippen LogP contribution in [0.25, 0.3) is 0 Å². The highest BCUT2D eigenvalue weighted by Crippen LogP contribution is 2.23. The largest absolute Gasteiger partial charge is 0.364 e. The Morgan fingerprint density at radius 1 is 1.56 bits per heavy atom. The zero-order chi connectivity index (χ0) is 22.9. The number of hydroxylamine groups is 1.